The van der Waals surface area contributed by atoms with Gasteiger partial charge in [-0.25, -0.2) is 4.39 Å². The minimum absolute atomic E-state index is 0.231. The number of halogens is 3. The molecule has 2 rings (SSSR count). The molecule has 0 radical (unpaired) electrons. The molecule has 0 saturated carbocycles. The lowest BCUT2D eigenvalue weighted by atomic mass is 10.2. The number of rotatable bonds is 5. The number of methoxy groups -OCH3 is 2. The molecule has 0 spiro atoms. The van der Waals surface area contributed by atoms with E-state index in [0.29, 0.717) is 23.7 Å². The second kappa shape index (κ2) is 6.87. The van der Waals surface area contributed by atoms with Gasteiger partial charge in [0, 0.05) is 12.6 Å². The molecule has 21 heavy (non-hydrogen) atoms. The number of hydrogen-bond acceptors (Lipinski definition) is 3. The van der Waals surface area contributed by atoms with Gasteiger partial charge < -0.3 is 14.8 Å². The molecule has 6 heteroatoms. The first-order valence-corrected chi connectivity index (χ1v) is 6.89. The average molecular weight is 330 g/mol. The van der Waals surface area contributed by atoms with Gasteiger partial charge in [0.25, 0.3) is 0 Å². The third kappa shape index (κ3) is 3.93. The van der Waals surface area contributed by atoms with Crippen molar-refractivity contribution in [1.29, 1.82) is 0 Å². The Morgan fingerprint density at radius 1 is 0.952 bits per heavy atom. The highest BCUT2D eigenvalue weighted by Crippen LogP contribution is 2.32. The molecule has 2 aromatic carbocycles. The molecule has 0 aliphatic rings. The van der Waals surface area contributed by atoms with Gasteiger partial charge in [-0.3, -0.25) is 0 Å². The Labute approximate surface area is 132 Å². The summed E-state index contributed by atoms with van der Waals surface area (Å²) in [4.78, 5) is 0. The summed E-state index contributed by atoms with van der Waals surface area (Å²) in [6, 6.07) is 7.92. The second-order valence-corrected chi connectivity index (χ2v) is 5.13. The largest absolute Gasteiger partial charge is 0.497 e. The Balaban J connectivity index is 2.20. The van der Waals surface area contributed by atoms with Crippen LogP contribution in [0, 0.1) is 5.82 Å². The van der Waals surface area contributed by atoms with Gasteiger partial charge in [-0.05, 0) is 29.8 Å². The minimum Gasteiger partial charge on any atom is -0.497 e. The topological polar surface area (TPSA) is 30.5 Å². The van der Waals surface area contributed by atoms with E-state index in [1.54, 1.807) is 20.3 Å². The molecular formula is C15H14Cl2FNO2. The monoisotopic (exact) mass is 329 g/mol. The van der Waals surface area contributed by atoms with E-state index >= 15 is 0 Å². The first-order valence-electron chi connectivity index (χ1n) is 6.14. The molecule has 0 amide bonds. The van der Waals surface area contributed by atoms with Crippen molar-refractivity contribution in [2.45, 2.75) is 6.54 Å². The van der Waals surface area contributed by atoms with Crippen LogP contribution in [0.4, 0.5) is 10.1 Å². The van der Waals surface area contributed by atoms with E-state index in [1.807, 2.05) is 12.1 Å². The molecule has 1 N–H and O–H groups in total. The highest BCUT2D eigenvalue weighted by Gasteiger charge is 2.09. The summed E-state index contributed by atoms with van der Waals surface area (Å²) < 4.78 is 23.5. The van der Waals surface area contributed by atoms with Crippen LogP contribution in [0.1, 0.15) is 5.56 Å². The van der Waals surface area contributed by atoms with Crippen molar-refractivity contribution in [2.24, 2.45) is 0 Å². The van der Waals surface area contributed by atoms with E-state index in [0.717, 1.165) is 5.56 Å². The highest BCUT2D eigenvalue weighted by molar-refractivity contribution is 6.39. The molecule has 0 aliphatic carbocycles. The van der Waals surface area contributed by atoms with Crippen molar-refractivity contribution in [3.63, 3.8) is 0 Å². The molecule has 0 atom stereocenters. The maximum Gasteiger partial charge on any atom is 0.126 e. The first-order chi connectivity index (χ1) is 10.0. The summed E-state index contributed by atoms with van der Waals surface area (Å²) in [6.07, 6.45) is 0. The van der Waals surface area contributed by atoms with E-state index in [-0.39, 0.29) is 10.0 Å². The predicted octanol–water partition coefficient (Wildman–Crippen LogP) is 4.76. The van der Waals surface area contributed by atoms with Crippen molar-refractivity contribution in [1.82, 2.24) is 0 Å². The number of ether oxygens (including phenoxy) is 2. The summed E-state index contributed by atoms with van der Waals surface area (Å²) in [6.45, 7) is 0.443. The fraction of sp³-hybridized carbons (Fsp3) is 0.200. The van der Waals surface area contributed by atoms with Gasteiger partial charge in [0.15, 0.2) is 0 Å². The van der Waals surface area contributed by atoms with Crippen molar-refractivity contribution in [2.75, 3.05) is 19.5 Å². The summed E-state index contributed by atoms with van der Waals surface area (Å²) in [5.74, 6) is 0.892. The van der Waals surface area contributed by atoms with Crippen LogP contribution in [0.25, 0.3) is 0 Å². The zero-order valence-electron chi connectivity index (χ0n) is 11.5. The lowest BCUT2D eigenvalue weighted by molar-refractivity contribution is 0.393. The highest BCUT2D eigenvalue weighted by atomic mass is 35.5. The van der Waals surface area contributed by atoms with Crippen LogP contribution in [0.15, 0.2) is 30.3 Å². The average Bonchev–Trinajstić information content (AvgIpc) is 2.45. The molecule has 2 aromatic rings. The van der Waals surface area contributed by atoms with Crippen LogP contribution >= 0.6 is 23.2 Å². The Morgan fingerprint density at radius 3 is 1.95 bits per heavy atom. The lowest BCUT2D eigenvalue weighted by Crippen LogP contribution is -2.02. The number of hydrogen-bond donors (Lipinski definition) is 1. The van der Waals surface area contributed by atoms with E-state index in [1.165, 1.54) is 12.1 Å². The van der Waals surface area contributed by atoms with Crippen molar-refractivity contribution in [3.8, 4) is 11.5 Å². The van der Waals surface area contributed by atoms with Gasteiger partial charge in [0.05, 0.1) is 30.0 Å². The SMILES string of the molecule is COc1cc(CNc2c(Cl)cc(F)cc2Cl)cc(OC)c1. The van der Waals surface area contributed by atoms with E-state index in [2.05, 4.69) is 5.32 Å². The number of benzene rings is 2. The molecule has 112 valence electrons. The molecule has 0 unspecified atom stereocenters. The first kappa shape index (κ1) is 15.7. The fourth-order valence-electron chi connectivity index (χ4n) is 1.87. The van der Waals surface area contributed by atoms with Crippen LogP contribution in [0.2, 0.25) is 10.0 Å². The van der Waals surface area contributed by atoms with Gasteiger partial charge in [-0.2, -0.15) is 0 Å². The quantitative estimate of drug-likeness (QED) is 0.857. The van der Waals surface area contributed by atoms with Gasteiger partial charge in [-0.15, -0.1) is 0 Å². The smallest absolute Gasteiger partial charge is 0.126 e. The van der Waals surface area contributed by atoms with Crippen LogP contribution < -0.4 is 14.8 Å². The van der Waals surface area contributed by atoms with Crippen LogP contribution in [-0.4, -0.2) is 14.2 Å². The van der Waals surface area contributed by atoms with E-state index < -0.39 is 5.82 Å². The fourth-order valence-corrected chi connectivity index (χ4v) is 2.46. The summed E-state index contributed by atoms with van der Waals surface area (Å²) in [5, 5.41) is 3.55. The van der Waals surface area contributed by atoms with Crippen molar-refractivity contribution < 1.29 is 13.9 Å². The standard InChI is InChI=1S/C15H14Cl2FNO2/c1-20-11-3-9(4-12(7-11)21-2)8-19-15-13(16)5-10(18)6-14(15)17/h3-7,19H,8H2,1-2H3. The van der Waals surface area contributed by atoms with Gasteiger partial charge in [-0.1, -0.05) is 23.2 Å². The normalized spacial score (nSPS) is 10.3. The van der Waals surface area contributed by atoms with Crippen LogP contribution in [0.5, 0.6) is 11.5 Å². The molecule has 0 aliphatic heterocycles. The predicted molar refractivity (Wildman–Crippen MR) is 83.3 cm³/mol. The molecule has 0 heterocycles. The third-order valence-corrected chi connectivity index (χ3v) is 3.48. The molecule has 0 saturated heterocycles. The number of nitrogens with one attached hydrogen (secondary N) is 1. The lowest BCUT2D eigenvalue weighted by Gasteiger charge is -2.12. The molecular weight excluding hydrogens is 316 g/mol. The third-order valence-electron chi connectivity index (χ3n) is 2.89. The van der Waals surface area contributed by atoms with Gasteiger partial charge in [0.2, 0.25) is 0 Å². The zero-order valence-corrected chi connectivity index (χ0v) is 13.1. The Hall–Kier alpha value is -1.65. The molecule has 0 bridgehead atoms. The Morgan fingerprint density at radius 2 is 1.48 bits per heavy atom. The summed E-state index contributed by atoms with van der Waals surface area (Å²) in [7, 11) is 3.17. The minimum atomic E-state index is -0.474. The number of anilines is 1. The van der Waals surface area contributed by atoms with Crippen molar-refractivity contribution >= 4 is 28.9 Å². The van der Waals surface area contributed by atoms with Crippen molar-refractivity contribution in [3.05, 3.63) is 51.8 Å². The zero-order chi connectivity index (χ0) is 15.4. The summed E-state index contributed by atoms with van der Waals surface area (Å²) >= 11 is 12.0. The molecule has 3 nitrogen and oxygen atoms in total. The van der Waals surface area contributed by atoms with Crippen LogP contribution in [0.3, 0.4) is 0 Å². The maximum absolute atomic E-state index is 13.1. The summed E-state index contributed by atoms with van der Waals surface area (Å²) in [5.41, 5.74) is 1.41. The second-order valence-electron chi connectivity index (χ2n) is 4.32. The van der Waals surface area contributed by atoms with Gasteiger partial charge >= 0.3 is 0 Å². The Kier molecular flexibility index (Phi) is 5.15. The molecule has 0 fully saturated rings. The van der Waals surface area contributed by atoms with Crippen LogP contribution in [-0.2, 0) is 6.54 Å². The Bertz CT molecular complexity index is 604. The maximum atomic E-state index is 13.1. The van der Waals surface area contributed by atoms with Gasteiger partial charge in [0.1, 0.15) is 17.3 Å². The van der Waals surface area contributed by atoms with E-state index in [4.69, 9.17) is 32.7 Å². The molecule has 0 aromatic heterocycles. The van der Waals surface area contributed by atoms with E-state index in [9.17, 15) is 4.39 Å².